The Labute approximate surface area is 87.5 Å². The number of alkyl halides is 1. The van der Waals surface area contributed by atoms with E-state index in [1.54, 1.807) is 12.1 Å². The van der Waals surface area contributed by atoms with Gasteiger partial charge < -0.3 is 0 Å². The summed E-state index contributed by atoms with van der Waals surface area (Å²) in [4.78, 5) is 0. The van der Waals surface area contributed by atoms with Crippen LogP contribution in [0, 0.1) is 11.3 Å². The first-order chi connectivity index (χ1) is 6.13. The summed E-state index contributed by atoms with van der Waals surface area (Å²) < 4.78 is 21.0. The SMILES string of the molecule is N#Cc1ccc(CI(=O)=O)c(Cl)c1. The van der Waals surface area contributed by atoms with Crippen molar-refractivity contribution in [2.45, 2.75) is 4.43 Å². The first-order valence-electron chi connectivity index (χ1n) is 3.33. The van der Waals surface area contributed by atoms with Crippen LogP contribution in [0.4, 0.5) is 0 Å². The fraction of sp³-hybridized carbons (Fsp3) is 0.125. The van der Waals surface area contributed by atoms with Crippen molar-refractivity contribution in [1.82, 2.24) is 0 Å². The molecule has 0 saturated carbocycles. The molecular formula is C8H5ClINO2. The summed E-state index contributed by atoms with van der Waals surface area (Å²) in [6.45, 7) is 0. The molecule has 0 aliphatic carbocycles. The van der Waals surface area contributed by atoms with E-state index in [1.165, 1.54) is 6.07 Å². The maximum atomic E-state index is 10.5. The highest BCUT2D eigenvalue weighted by Gasteiger charge is 2.03. The van der Waals surface area contributed by atoms with E-state index in [0.29, 0.717) is 16.1 Å². The monoisotopic (exact) mass is 309 g/mol. The van der Waals surface area contributed by atoms with Crippen LogP contribution in [0.2, 0.25) is 5.02 Å². The van der Waals surface area contributed by atoms with Gasteiger partial charge in [-0.05, 0) is 17.7 Å². The van der Waals surface area contributed by atoms with Crippen LogP contribution in [-0.2, 0) is 10.6 Å². The molecule has 1 aromatic carbocycles. The summed E-state index contributed by atoms with van der Waals surface area (Å²) in [6.07, 6.45) is 0. The highest BCUT2D eigenvalue weighted by Crippen LogP contribution is 2.24. The molecule has 13 heavy (non-hydrogen) atoms. The third kappa shape index (κ3) is 2.94. The lowest BCUT2D eigenvalue weighted by atomic mass is 10.2. The number of halogens is 2. The normalized spacial score (nSPS) is 9.92. The summed E-state index contributed by atoms with van der Waals surface area (Å²) in [7, 11) is 0. The maximum absolute atomic E-state index is 10.5. The van der Waals surface area contributed by atoms with Gasteiger partial charge in [0.1, 0.15) is 0 Å². The molecule has 0 saturated heterocycles. The van der Waals surface area contributed by atoms with E-state index in [-0.39, 0.29) is 4.43 Å². The van der Waals surface area contributed by atoms with Gasteiger partial charge in [-0.25, -0.2) is 6.14 Å². The third-order valence-corrected chi connectivity index (χ3v) is 3.23. The molecular weight excluding hydrogens is 304 g/mol. The fourth-order valence-electron chi connectivity index (χ4n) is 0.843. The topological polar surface area (TPSA) is 57.9 Å². The quantitative estimate of drug-likeness (QED) is 0.623. The fourth-order valence-corrected chi connectivity index (χ4v) is 2.65. The second-order valence-corrected chi connectivity index (χ2v) is 5.11. The van der Waals surface area contributed by atoms with Crippen LogP contribution in [0.15, 0.2) is 18.2 Å². The van der Waals surface area contributed by atoms with Crippen LogP contribution >= 0.6 is 31.4 Å². The van der Waals surface area contributed by atoms with E-state index in [2.05, 4.69) is 0 Å². The van der Waals surface area contributed by atoms with Crippen molar-refractivity contribution >= 4 is 31.4 Å². The molecule has 0 N–H and O–H groups in total. The molecule has 1 rings (SSSR count). The van der Waals surface area contributed by atoms with E-state index in [4.69, 9.17) is 16.9 Å². The van der Waals surface area contributed by atoms with Gasteiger partial charge >= 0.3 is 19.8 Å². The van der Waals surface area contributed by atoms with Gasteiger partial charge in [0, 0.05) is 5.02 Å². The average Bonchev–Trinajstić information content (AvgIpc) is 2.08. The lowest BCUT2D eigenvalue weighted by molar-refractivity contribution is 0.609. The molecule has 68 valence electrons. The van der Waals surface area contributed by atoms with Gasteiger partial charge in [0.25, 0.3) is 0 Å². The molecule has 0 aliphatic heterocycles. The van der Waals surface area contributed by atoms with Gasteiger partial charge in [-0.15, -0.1) is 0 Å². The zero-order chi connectivity index (χ0) is 9.84. The van der Waals surface area contributed by atoms with Crippen molar-refractivity contribution in [3.05, 3.63) is 34.3 Å². The van der Waals surface area contributed by atoms with Crippen molar-refractivity contribution in [3.8, 4) is 6.07 Å². The summed E-state index contributed by atoms with van der Waals surface area (Å²) in [5.41, 5.74) is 1.00. The molecule has 0 amide bonds. The number of rotatable bonds is 2. The second-order valence-electron chi connectivity index (χ2n) is 2.33. The lowest BCUT2D eigenvalue weighted by Crippen LogP contribution is -1.82. The second kappa shape index (κ2) is 4.53. The van der Waals surface area contributed by atoms with Crippen molar-refractivity contribution in [2.24, 2.45) is 0 Å². The minimum absolute atomic E-state index is 0.00839. The maximum Gasteiger partial charge on any atom is 0.311 e. The molecule has 0 radical (unpaired) electrons. The van der Waals surface area contributed by atoms with Gasteiger partial charge in [-0.1, -0.05) is 17.7 Å². The van der Waals surface area contributed by atoms with E-state index >= 15 is 0 Å². The Morgan fingerprint density at radius 2 is 2.15 bits per heavy atom. The smallest absolute Gasteiger partial charge is 0.235 e. The Balaban J connectivity index is 3.06. The summed E-state index contributed by atoms with van der Waals surface area (Å²) in [6, 6.07) is 6.52. The molecule has 1 aromatic rings. The number of hydrogen-bond acceptors (Lipinski definition) is 3. The Morgan fingerprint density at radius 3 is 2.62 bits per heavy atom. The largest absolute Gasteiger partial charge is 0.311 e. The minimum Gasteiger partial charge on any atom is -0.235 e. The van der Waals surface area contributed by atoms with Crippen LogP contribution in [0.1, 0.15) is 11.1 Å². The highest BCUT2D eigenvalue weighted by molar-refractivity contribution is 14.2. The van der Waals surface area contributed by atoms with Gasteiger partial charge in [-0.3, -0.25) is 0 Å². The molecule has 0 aliphatic rings. The lowest BCUT2D eigenvalue weighted by Gasteiger charge is -1.97. The van der Waals surface area contributed by atoms with Crippen molar-refractivity contribution in [3.63, 3.8) is 0 Å². The van der Waals surface area contributed by atoms with E-state index in [9.17, 15) is 6.14 Å². The zero-order valence-corrected chi connectivity index (χ0v) is 9.37. The molecule has 0 spiro atoms. The zero-order valence-electron chi connectivity index (χ0n) is 6.46. The van der Waals surface area contributed by atoms with E-state index in [0.717, 1.165) is 0 Å². The van der Waals surface area contributed by atoms with Gasteiger partial charge in [0.2, 0.25) is 0 Å². The van der Waals surface area contributed by atoms with Crippen LogP contribution in [0.5, 0.6) is 0 Å². The first kappa shape index (κ1) is 10.4. The van der Waals surface area contributed by atoms with Gasteiger partial charge in [0.15, 0.2) is 0 Å². The molecule has 3 nitrogen and oxygen atoms in total. The van der Waals surface area contributed by atoms with Crippen LogP contribution in [0.25, 0.3) is 0 Å². The summed E-state index contributed by atoms with van der Waals surface area (Å²) in [5.74, 6) is 0. The van der Waals surface area contributed by atoms with Crippen LogP contribution in [-0.4, -0.2) is 0 Å². The Hall–Kier alpha value is -0.670. The average molecular weight is 309 g/mol. The summed E-state index contributed by atoms with van der Waals surface area (Å²) in [5, 5.41) is 8.85. The molecule has 5 heteroatoms. The highest BCUT2D eigenvalue weighted by atomic mass is 127. The molecule has 0 unspecified atom stereocenters. The first-order valence-corrected chi connectivity index (χ1v) is 7.00. The minimum atomic E-state index is -3.27. The molecule has 0 atom stereocenters. The van der Waals surface area contributed by atoms with Gasteiger partial charge in [0.05, 0.1) is 16.1 Å². The van der Waals surface area contributed by atoms with Crippen molar-refractivity contribution in [2.75, 3.05) is 0 Å². The summed E-state index contributed by atoms with van der Waals surface area (Å²) >= 11 is 2.48. The Bertz CT molecular complexity index is 426. The van der Waals surface area contributed by atoms with E-state index < -0.39 is 19.8 Å². The standard InChI is InChI=1S/C8H5ClINO2/c9-8-3-6(5-11)1-2-7(8)4-10(12)13/h1-3H,4H2. The number of nitriles is 1. The molecule has 0 bridgehead atoms. The van der Waals surface area contributed by atoms with Gasteiger partial charge in [-0.2, -0.15) is 5.26 Å². The van der Waals surface area contributed by atoms with E-state index in [1.807, 2.05) is 6.07 Å². The van der Waals surface area contributed by atoms with Crippen LogP contribution < -0.4 is 0 Å². The predicted molar refractivity (Wildman–Crippen MR) is 55.3 cm³/mol. The number of benzene rings is 1. The Morgan fingerprint density at radius 1 is 1.46 bits per heavy atom. The molecule has 0 aromatic heterocycles. The number of nitrogens with zero attached hydrogens (tertiary/aromatic N) is 1. The predicted octanol–water partition coefficient (Wildman–Crippen LogP) is 2.91. The number of hydrogen-bond donors (Lipinski definition) is 0. The molecule has 0 heterocycles. The molecule has 0 fully saturated rings. The van der Waals surface area contributed by atoms with Crippen molar-refractivity contribution in [1.29, 1.82) is 5.26 Å². The third-order valence-electron chi connectivity index (χ3n) is 1.44. The Kier molecular flexibility index (Phi) is 3.63. The van der Waals surface area contributed by atoms with Crippen LogP contribution in [0.3, 0.4) is 0 Å². The van der Waals surface area contributed by atoms with Crippen molar-refractivity contribution < 1.29 is 6.14 Å².